The third kappa shape index (κ3) is 4.53. The number of amides is 2. The zero-order valence-corrected chi connectivity index (χ0v) is 19.9. The van der Waals surface area contributed by atoms with Crippen molar-refractivity contribution < 1.29 is 32.3 Å². The van der Waals surface area contributed by atoms with Crippen LogP contribution in [0.25, 0.3) is 0 Å². The molecule has 3 heterocycles. The summed E-state index contributed by atoms with van der Waals surface area (Å²) in [7, 11) is 0. The molecule has 1 saturated carbocycles. The average Bonchev–Trinajstić information content (AvgIpc) is 2.86. The van der Waals surface area contributed by atoms with Crippen LogP contribution in [0.2, 0.25) is 0 Å². The number of rotatable bonds is 4. The van der Waals surface area contributed by atoms with E-state index in [2.05, 4.69) is 5.32 Å². The largest absolute Gasteiger partial charge is 0.502 e. The molecule has 0 spiro atoms. The van der Waals surface area contributed by atoms with Gasteiger partial charge in [-0.3, -0.25) is 24.1 Å². The van der Waals surface area contributed by atoms with Crippen LogP contribution >= 0.6 is 0 Å². The van der Waals surface area contributed by atoms with Gasteiger partial charge in [-0.05, 0) is 38.2 Å². The smallest absolute Gasteiger partial charge is 0.278 e. The van der Waals surface area contributed by atoms with Crippen molar-refractivity contribution in [2.45, 2.75) is 69.6 Å². The Morgan fingerprint density at radius 1 is 1.11 bits per heavy atom. The summed E-state index contributed by atoms with van der Waals surface area (Å²) in [6.07, 6.45) is 2.33. The Hall–Kier alpha value is -3.57. The number of piperidine rings is 1. The molecule has 5 rings (SSSR count). The lowest BCUT2D eigenvalue weighted by Gasteiger charge is -2.52. The van der Waals surface area contributed by atoms with Gasteiger partial charge in [0.2, 0.25) is 11.4 Å². The number of hydrogen-bond acceptors (Lipinski definition) is 5. The zero-order valence-electron chi connectivity index (χ0n) is 19.9. The molecule has 1 aliphatic carbocycles. The Balaban J connectivity index is 1.47. The second-order valence-electron chi connectivity index (χ2n) is 9.77. The predicted molar refractivity (Wildman–Crippen MR) is 124 cm³/mol. The van der Waals surface area contributed by atoms with E-state index in [0.29, 0.717) is 19.0 Å². The zero-order chi connectivity index (χ0) is 26.5. The third-order valence-corrected chi connectivity index (χ3v) is 7.42. The fourth-order valence-electron chi connectivity index (χ4n) is 5.49. The summed E-state index contributed by atoms with van der Waals surface area (Å²) in [5, 5.41) is 14.9. The molecule has 2 aromatic rings. The maximum atomic E-state index is 13.9. The minimum atomic E-state index is -2.78. The molecule has 2 fully saturated rings. The standard InChI is InChI=1S/C25H26F4N4O4/c26-15-5-4-14(18(27)11-15)12-30-23(36)17-13-32-20(22(35)21(17)34)24(37)33(19-3-1-2-10-31(19)32)16-6-8-25(28,29)9-7-16/h4-5,11,13,16,19,35H,1-3,6-10,12H2,(H,30,36)/t19-/m1/s1. The molecule has 0 radical (unpaired) electrons. The summed E-state index contributed by atoms with van der Waals surface area (Å²) < 4.78 is 56.0. The molecule has 198 valence electrons. The number of pyridine rings is 1. The number of aromatic nitrogens is 1. The molecule has 1 aromatic heterocycles. The van der Waals surface area contributed by atoms with E-state index in [-0.39, 0.29) is 43.5 Å². The van der Waals surface area contributed by atoms with Crippen molar-refractivity contribution in [2.24, 2.45) is 0 Å². The van der Waals surface area contributed by atoms with Gasteiger partial charge in [0.15, 0.2) is 11.4 Å². The Kier molecular flexibility index (Phi) is 6.36. The number of carbonyl (C=O) groups excluding carboxylic acids is 2. The predicted octanol–water partition coefficient (Wildman–Crippen LogP) is 3.24. The monoisotopic (exact) mass is 522 g/mol. The van der Waals surface area contributed by atoms with Crippen molar-refractivity contribution in [3.05, 3.63) is 63.1 Å². The molecular formula is C25H26F4N4O4. The number of benzene rings is 1. The van der Waals surface area contributed by atoms with Crippen molar-refractivity contribution >= 4 is 11.8 Å². The minimum Gasteiger partial charge on any atom is -0.502 e. The van der Waals surface area contributed by atoms with E-state index in [1.54, 1.807) is 5.01 Å². The van der Waals surface area contributed by atoms with Crippen LogP contribution in [-0.4, -0.2) is 51.2 Å². The number of carbonyl (C=O) groups is 2. The molecule has 1 aromatic carbocycles. The van der Waals surface area contributed by atoms with Crippen molar-refractivity contribution in [3.8, 4) is 5.75 Å². The summed E-state index contributed by atoms with van der Waals surface area (Å²) >= 11 is 0. The van der Waals surface area contributed by atoms with Crippen LogP contribution in [0.4, 0.5) is 17.6 Å². The van der Waals surface area contributed by atoms with Crippen LogP contribution in [0.1, 0.15) is 71.4 Å². The van der Waals surface area contributed by atoms with E-state index in [0.717, 1.165) is 25.0 Å². The Labute approximate surface area is 209 Å². The van der Waals surface area contributed by atoms with Crippen LogP contribution in [0.3, 0.4) is 0 Å². The van der Waals surface area contributed by atoms with Crippen LogP contribution < -0.4 is 15.8 Å². The average molecular weight is 522 g/mol. The number of hydrogen-bond donors (Lipinski definition) is 2. The first-order valence-electron chi connectivity index (χ1n) is 12.3. The first-order chi connectivity index (χ1) is 17.6. The Morgan fingerprint density at radius 3 is 2.54 bits per heavy atom. The van der Waals surface area contributed by atoms with Crippen molar-refractivity contribution in [2.75, 3.05) is 11.6 Å². The van der Waals surface area contributed by atoms with Gasteiger partial charge in [0.05, 0.1) is 0 Å². The SMILES string of the molecule is O=C(NCc1ccc(F)cc1F)c1cn2c(c(O)c1=O)C(=O)N(C1CCC(F)(F)CC1)[C@@H]1CCCCN12. The Bertz CT molecular complexity index is 1300. The number of nitrogens with one attached hydrogen (secondary N) is 1. The summed E-state index contributed by atoms with van der Waals surface area (Å²) in [5.41, 5.74) is -1.85. The highest BCUT2D eigenvalue weighted by molar-refractivity contribution is 5.99. The minimum absolute atomic E-state index is 0.00277. The molecule has 0 bridgehead atoms. The van der Waals surface area contributed by atoms with E-state index in [4.69, 9.17) is 0 Å². The van der Waals surface area contributed by atoms with Crippen molar-refractivity contribution in [3.63, 3.8) is 0 Å². The summed E-state index contributed by atoms with van der Waals surface area (Å²) in [6, 6.07) is 2.40. The fraction of sp³-hybridized carbons (Fsp3) is 0.480. The highest BCUT2D eigenvalue weighted by Crippen LogP contribution is 2.39. The van der Waals surface area contributed by atoms with Crippen LogP contribution in [-0.2, 0) is 6.54 Å². The molecule has 3 aliphatic rings. The molecule has 1 saturated heterocycles. The molecule has 12 heteroatoms. The first kappa shape index (κ1) is 25.1. The van der Waals surface area contributed by atoms with E-state index >= 15 is 0 Å². The fourth-order valence-corrected chi connectivity index (χ4v) is 5.49. The maximum absolute atomic E-state index is 13.9. The lowest BCUT2D eigenvalue weighted by molar-refractivity contribution is -0.0582. The van der Waals surface area contributed by atoms with Gasteiger partial charge in [-0.2, -0.15) is 0 Å². The highest BCUT2D eigenvalue weighted by atomic mass is 19.3. The summed E-state index contributed by atoms with van der Waals surface area (Å²) in [6.45, 7) is 0.118. The van der Waals surface area contributed by atoms with Gasteiger partial charge in [-0.15, -0.1) is 0 Å². The number of halogens is 4. The summed E-state index contributed by atoms with van der Waals surface area (Å²) in [5.74, 6) is -6.89. The van der Waals surface area contributed by atoms with Crippen LogP contribution in [0, 0.1) is 11.6 Å². The topological polar surface area (TPSA) is 94.9 Å². The van der Waals surface area contributed by atoms with Gasteiger partial charge in [0.25, 0.3) is 11.8 Å². The van der Waals surface area contributed by atoms with Gasteiger partial charge in [0.1, 0.15) is 23.4 Å². The first-order valence-corrected chi connectivity index (χ1v) is 12.3. The number of fused-ring (bicyclic) bond motifs is 3. The lowest BCUT2D eigenvalue weighted by atomic mass is 9.89. The molecule has 0 unspecified atom stereocenters. The molecule has 1 atom stereocenters. The molecule has 2 N–H and O–H groups in total. The third-order valence-electron chi connectivity index (χ3n) is 7.42. The number of alkyl halides is 2. The van der Waals surface area contributed by atoms with Gasteiger partial charge in [0, 0.05) is 49.8 Å². The number of aromatic hydroxyl groups is 1. The molecular weight excluding hydrogens is 496 g/mol. The molecule has 2 aliphatic heterocycles. The van der Waals surface area contributed by atoms with Crippen LogP contribution in [0.5, 0.6) is 5.75 Å². The van der Waals surface area contributed by atoms with Gasteiger partial charge >= 0.3 is 0 Å². The normalized spacial score (nSPS) is 21.4. The molecule has 37 heavy (non-hydrogen) atoms. The second kappa shape index (κ2) is 9.38. The summed E-state index contributed by atoms with van der Waals surface area (Å²) in [4.78, 5) is 40.9. The van der Waals surface area contributed by atoms with E-state index in [9.17, 15) is 37.1 Å². The maximum Gasteiger partial charge on any atom is 0.278 e. The van der Waals surface area contributed by atoms with Gasteiger partial charge < -0.3 is 15.3 Å². The van der Waals surface area contributed by atoms with Crippen molar-refractivity contribution in [1.82, 2.24) is 14.9 Å². The van der Waals surface area contributed by atoms with E-state index < -0.39 is 58.3 Å². The molecule has 2 amide bonds. The second-order valence-corrected chi connectivity index (χ2v) is 9.77. The van der Waals surface area contributed by atoms with Gasteiger partial charge in [-0.1, -0.05) is 6.07 Å². The highest BCUT2D eigenvalue weighted by Gasteiger charge is 2.47. The quantitative estimate of drug-likeness (QED) is 0.602. The van der Waals surface area contributed by atoms with E-state index in [1.807, 2.05) is 0 Å². The van der Waals surface area contributed by atoms with E-state index in [1.165, 1.54) is 15.8 Å². The lowest BCUT2D eigenvalue weighted by Crippen LogP contribution is -2.65. The van der Waals surface area contributed by atoms with Crippen molar-refractivity contribution in [1.29, 1.82) is 0 Å². The molecule has 8 nitrogen and oxygen atoms in total. The van der Waals surface area contributed by atoms with Gasteiger partial charge in [-0.25, -0.2) is 17.6 Å². The number of nitrogens with zero attached hydrogens (tertiary/aromatic N) is 3. The Morgan fingerprint density at radius 2 is 1.84 bits per heavy atom. The van der Waals surface area contributed by atoms with Crippen LogP contribution in [0.15, 0.2) is 29.2 Å².